The number of piperidine rings is 1. The number of carbonyl (C=O) groups is 2. The molecule has 1 aromatic heterocycles. The summed E-state index contributed by atoms with van der Waals surface area (Å²) < 4.78 is 13.7. The van der Waals surface area contributed by atoms with E-state index in [9.17, 15) is 9.59 Å². The van der Waals surface area contributed by atoms with Gasteiger partial charge in [0.15, 0.2) is 5.69 Å². The predicted molar refractivity (Wildman–Crippen MR) is 134 cm³/mol. The fourth-order valence-electron chi connectivity index (χ4n) is 4.94. The van der Waals surface area contributed by atoms with Crippen LogP contribution in [0.1, 0.15) is 53.2 Å². The first-order valence-corrected chi connectivity index (χ1v) is 12.6. The fourth-order valence-corrected chi connectivity index (χ4v) is 4.94. The van der Waals surface area contributed by atoms with Crippen LogP contribution < -0.4 is 10.1 Å². The minimum atomic E-state index is -0.112. The van der Waals surface area contributed by atoms with Crippen molar-refractivity contribution in [1.29, 1.82) is 0 Å². The Hall–Kier alpha value is -3.65. The van der Waals surface area contributed by atoms with Crippen molar-refractivity contribution in [2.24, 2.45) is 5.92 Å². The molecule has 2 aromatic carbocycles. The van der Waals surface area contributed by atoms with Gasteiger partial charge >= 0.3 is 0 Å². The van der Waals surface area contributed by atoms with Crippen molar-refractivity contribution in [1.82, 2.24) is 19.8 Å². The van der Waals surface area contributed by atoms with Crippen LogP contribution in [0.2, 0.25) is 0 Å². The van der Waals surface area contributed by atoms with E-state index in [4.69, 9.17) is 9.47 Å². The number of fused-ring (bicyclic) bond motifs is 1. The molecule has 0 aliphatic carbocycles. The number of hydrogen-bond acceptors (Lipinski definition) is 5. The first kappa shape index (κ1) is 24.1. The Labute approximate surface area is 211 Å². The fraction of sp³-hybridized carbons (Fsp3) is 0.393. The van der Waals surface area contributed by atoms with Gasteiger partial charge in [-0.25, -0.2) is 4.98 Å². The molecule has 0 bridgehead atoms. The molecule has 0 saturated carbocycles. The van der Waals surface area contributed by atoms with Crippen LogP contribution in [0.5, 0.6) is 5.75 Å². The molecule has 0 spiro atoms. The van der Waals surface area contributed by atoms with E-state index in [0.717, 1.165) is 22.6 Å². The number of likely N-dealkylation sites (tertiary alicyclic amines) is 1. The molecule has 188 valence electrons. The minimum Gasteiger partial charge on any atom is -0.494 e. The van der Waals surface area contributed by atoms with Crippen molar-refractivity contribution in [3.63, 3.8) is 0 Å². The Balaban J connectivity index is 1.14. The number of benzene rings is 2. The Bertz CT molecular complexity index is 1200. The van der Waals surface area contributed by atoms with Crippen LogP contribution in [-0.4, -0.2) is 46.0 Å². The largest absolute Gasteiger partial charge is 0.494 e. The van der Waals surface area contributed by atoms with Crippen LogP contribution in [0.3, 0.4) is 0 Å². The molecule has 3 aromatic rings. The Morgan fingerprint density at radius 2 is 1.83 bits per heavy atom. The molecule has 2 aliphatic rings. The number of aromatic nitrogens is 2. The summed E-state index contributed by atoms with van der Waals surface area (Å²) in [5, 5.41) is 3.04. The monoisotopic (exact) mass is 488 g/mol. The molecule has 2 aliphatic heterocycles. The number of carbonyl (C=O) groups excluding carboxylic acids is 2. The molecule has 3 heterocycles. The molecule has 2 amide bonds. The summed E-state index contributed by atoms with van der Waals surface area (Å²) in [6.45, 7) is 5.00. The minimum absolute atomic E-state index is 0.0214. The molecular formula is C28H32N4O4. The highest BCUT2D eigenvalue weighted by Crippen LogP contribution is 2.29. The second kappa shape index (κ2) is 11.0. The lowest BCUT2D eigenvalue weighted by Crippen LogP contribution is -2.43. The topological polar surface area (TPSA) is 85.7 Å². The Morgan fingerprint density at radius 1 is 1.08 bits per heavy atom. The molecule has 36 heavy (non-hydrogen) atoms. The standard InChI is InChI=1S/C28H32N4O4/c1-2-35-24-11-7-6-10-22(24)16-29-27(33)21-12-14-31(15-13-21)28(34)26-23-18-36-25(17-32(23)19-30-26)20-8-4-3-5-9-20/h3-11,19,21,25H,2,12-18H2,1H3,(H,29,33)/t25-/m1/s1. The lowest BCUT2D eigenvalue weighted by Gasteiger charge is -2.31. The zero-order valence-corrected chi connectivity index (χ0v) is 20.6. The van der Waals surface area contributed by atoms with Gasteiger partial charge in [0.25, 0.3) is 5.91 Å². The summed E-state index contributed by atoms with van der Waals surface area (Å²) in [5.41, 5.74) is 3.35. The zero-order valence-electron chi connectivity index (χ0n) is 20.6. The van der Waals surface area contributed by atoms with Gasteiger partial charge in [0.05, 0.1) is 31.8 Å². The van der Waals surface area contributed by atoms with E-state index in [-0.39, 0.29) is 23.8 Å². The third-order valence-electron chi connectivity index (χ3n) is 6.98. The van der Waals surface area contributed by atoms with Crippen molar-refractivity contribution >= 4 is 11.8 Å². The summed E-state index contributed by atoms with van der Waals surface area (Å²) in [7, 11) is 0. The van der Waals surface area contributed by atoms with Crippen molar-refractivity contribution in [2.45, 2.75) is 45.6 Å². The maximum atomic E-state index is 13.3. The highest BCUT2D eigenvalue weighted by atomic mass is 16.5. The van der Waals surface area contributed by atoms with Crippen LogP contribution in [0.25, 0.3) is 0 Å². The van der Waals surface area contributed by atoms with E-state index in [1.54, 1.807) is 11.2 Å². The van der Waals surface area contributed by atoms with Crippen molar-refractivity contribution in [2.75, 3.05) is 19.7 Å². The molecule has 8 heteroatoms. The summed E-state index contributed by atoms with van der Waals surface area (Å²) >= 11 is 0. The SMILES string of the molecule is CCOc1ccccc1CNC(=O)C1CCN(C(=O)c2ncn3c2CO[C@@H](c2ccccc2)C3)CC1. The first-order chi connectivity index (χ1) is 17.6. The number of nitrogens with one attached hydrogen (secondary N) is 1. The van der Waals surface area contributed by atoms with E-state index in [1.807, 2.05) is 54.0 Å². The number of nitrogens with zero attached hydrogens (tertiary/aromatic N) is 3. The number of ether oxygens (including phenoxy) is 2. The maximum absolute atomic E-state index is 13.3. The third kappa shape index (κ3) is 5.14. The molecule has 0 radical (unpaired) electrons. The molecule has 5 rings (SSSR count). The molecule has 1 N–H and O–H groups in total. The van der Waals surface area contributed by atoms with Crippen molar-refractivity contribution in [3.8, 4) is 5.75 Å². The zero-order chi connectivity index (χ0) is 24.9. The molecule has 1 fully saturated rings. The van der Waals surface area contributed by atoms with Gasteiger partial charge in [-0.15, -0.1) is 0 Å². The van der Waals surface area contributed by atoms with Crippen LogP contribution in [0.4, 0.5) is 0 Å². The van der Waals surface area contributed by atoms with Gasteiger partial charge in [0.2, 0.25) is 5.91 Å². The smallest absolute Gasteiger partial charge is 0.274 e. The van der Waals surface area contributed by atoms with E-state index >= 15 is 0 Å². The Morgan fingerprint density at radius 3 is 2.61 bits per heavy atom. The second-order valence-electron chi connectivity index (χ2n) is 9.23. The van der Waals surface area contributed by atoms with Gasteiger partial charge in [-0.1, -0.05) is 48.5 Å². The normalized spacial score (nSPS) is 17.9. The number of para-hydroxylation sites is 1. The van der Waals surface area contributed by atoms with Gasteiger partial charge in [0, 0.05) is 31.1 Å². The highest BCUT2D eigenvalue weighted by Gasteiger charge is 2.32. The molecule has 8 nitrogen and oxygen atoms in total. The molecular weight excluding hydrogens is 456 g/mol. The Kier molecular flexibility index (Phi) is 7.32. The molecule has 0 unspecified atom stereocenters. The predicted octanol–water partition coefficient (Wildman–Crippen LogP) is 3.72. The van der Waals surface area contributed by atoms with Gasteiger partial charge < -0.3 is 24.3 Å². The quantitative estimate of drug-likeness (QED) is 0.548. The summed E-state index contributed by atoms with van der Waals surface area (Å²) in [6, 6.07) is 17.8. The average molecular weight is 489 g/mol. The van der Waals surface area contributed by atoms with Crippen LogP contribution in [0.15, 0.2) is 60.9 Å². The van der Waals surface area contributed by atoms with E-state index < -0.39 is 0 Å². The first-order valence-electron chi connectivity index (χ1n) is 12.6. The van der Waals surface area contributed by atoms with E-state index in [0.29, 0.717) is 57.9 Å². The van der Waals surface area contributed by atoms with Crippen LogP contribution >= 0.6 is 0 Å². The van der Waals surface area contributed by atoms with E-state index in [2.05, 4.69) is 22.4 Å². The number of imidazole rings is 1. The summed E-state index contributed by atoms with van der Waals surface area (Å²) in [4.78, 5) is 32.3. The van der Waals surface area contributed by atoms with Crippen molar-refractivity contribution in [3.05, 3.63) is 83.4 Å². The summed E-state index contributed by atoms with van der Waals surface area (Å²) in [5.74, 6) is 0.616. The number of hydrogen-bond donors (Lipinski definition) is 1. The average Bonchev–Trinajstić information content (AvgIpc) is 3.36. The highest BCUT2D eigenvalue weighted by molar-refractivity contribution is 5.93. The third-order valence-corrected chi connectivity index (χ3v) is 6.98. The molecule has 1 atom stereocenters. The van der Waals surface area contributed by atoms with Gasteiger partial charge in [0.1, 0.15) is 11.9 Å². The van der Waals surface area contributed by atoms with E-state index in [1.165, 1.54) is 0 Å². The van der Waals surface area contributed by atoms with Crippen LogP contribution in [0, 0.1) is 5.92 Å². The number of rotatable bonds is 7. The van der Waals surface area contributed by atoms with Crippen molar-refractivity contribution < 1.29 is 19.1 Å². The van der Waals surface area contributed by atoms with Gasteiger partial charge in [-0.05, 0) is 31.4 Å². The van der Waals surface area contributed by atoms with Crippen LogP contribution in [-0.2, 0) is 29.2 Å². The summed E-state index contributed by atoms with van der Waals surface area (Å²) in [6.07, 6.45) is 2.95. The number of amides is 2. The molecule has 1 saturated heterocycles. The maximum Gasteiger partial charge on any atom is 0.274 e. The van der Waals surface area contributed by atoms with Gasteiger partial charge in [-0.3, -0.25) is 9.59 Å². The lowest BCUT2D eigenvalue weighted by atomic mass is 9.95. The lowest BCUT2D eigenvalue weighted by molar-refractivity contribution is -0.126. The second-order valence-corrected chi connectivity index (χ2v) is 9.23. The van der Waals surface area contributed by atoms with Gasteiger partial charge in [-0.2, -0.15) is 0 Å².